The number of hydrogen-bond acceptors (Lipinski definition) is 4. The van der Waals surface area contributed by atoms with E-state index in [1.807, 2.05) is 11.4 Å². The van der Waals surface area contributed by atoms with Gasteiger partial charge in [-0.05, 0) is 23.8 Å². The van der Waals surface area contributed by atoms with Gasteiger partial charge in [0.15, 0.2) is 0 Å². The van der Waals surface area contributed by atoms with Gasteiger partial charge in [0.05, 0.1) is 19.3 Å². The lowest BCUT2D eigenvalue weighted by Gasteiger charge is -2.19. The van der Waals surface area contributed by atoms with Crippen LogP contribution in [0.1, 0.15) is 31.2 Å². The molecule has 0 aliphatic heterocycles. The maximum atomic E-state index is 11.8. The van der Waals surface area contributed by atoms with E-state index in [1.165, 1.54) is 4.88 Å². The van der Waals surface area contributed by atoms with Gasteiger partial charge in [-0.25, -0.2) is 0 Å². The first-order valence-corrected chi connectivity index (χ1v) is 7.41. The van der Waals surface area contributed by atoms with E-state index in [-0.39, 0.29) is 18.6 Å². The van der Waals surface area contributed by atoms with E-state index >= 15 is 0 Å². The summed E-state index contributed by atoms with van der Waals surface area (Å²) in [5.41, 5.74) is 0. The van der Waals surface area contributed by atoms with Crippen molar-refractivity contribution in [3.63, 3.8) is 0 Å². The molecule has 1 unspecified atom stereocenters. The van der Waals surface area contributed by atoms with Gasteiger partial charge in [0.2, 0.25) is 5.91 Å². The van der Waals surface area contributed by atoms with Crippen LogP contribution in [0.15, 0.2) is 17.5 Å². The van der Waals surface area contributed by atoms with Crippen molar-refractivity contribution in [3.8, 4) is 0 Å². The summed E-state index contributed by atoms with van der Waals surface area (Å²) in [5, 5.41) is 5.06. The third kappa shape index (κ3) is 6.71. The van der Waals surface area contributed by atoms with Crippen LogP contribution in [0.3, 0.4) is 0 Å². The Morgan fingerprint density at radius 1 is 1.42 bits per heavy atom. The van der Waals surface area contributed by atoms with Crippen LogP contribution < -0.4 is 5.32 Å². The molecular formula is C14H23NO3S. The minimum Gasteiger partial charge on any atom is -0.382 e. The van der Waals surface area contributed by atoms with Gasteiger partial charge in [0, 0.05) is 12.0 Å². The summed E-state index contributed by atoms with van der Waals surface area (Å²) in [4.78, 5) is 13.0. The molecule has 108 valence electrons. The molecule has 1 aromatic rings. The second-order valence-electron chi connectivity index (χ2n) is 4.81. The molecule has 0 saturated heterocycles. The summed E-state index contributed by atoms with van der Waals surface area (Å²) < 4.78 is 10.1. The number of thiophene rings is 1. The van der Waals surface area contributed by atoms with Gasteiger partial charge in [-0.1, -0.05) is 19.9 Å². The molecule has 4 nitrogen and oxygen atoms in total. The van der Waals surface area contributed by atoms with Gasteiger partial charge in [0.25, 0.3) is 0 Å². The van der Waals surface area contributed by atoms with Crippen LogP contribution >= 0.6 is 11.3 Å². The van der Waals surface area contributed by atoms with Crippen LogP contribution in [0.5, 0.6) is 0 Å². The molecule has 0 radical (unpaired) electrons. The van der Waals surface area contributed by atoms with Gasteiger partial charge in [-0.3, -0.25) is 4.79 Å². The zero-order valence-corrected chi connectivity index (χ0v) is 12.7. The third-order valence-corrected chi connectivity index (χ3v) is 3.58. The molecule has 1 N–H and O–H groups in total. The fourth-order valence-electron chi connectivity index (χ4n) is 1.75. The quantitative estimate of drug-likeness (QED) is 0.710. The fraction of sp³-hybridized carbons (Fsp3) is 0.643. The van der Waals surface area contributed by atoms with Crippen molar-refractivity contribution in [1.29, 1.82) is 0 Å². The number of amides is 1. The van der Waals surface area contributed by atoms with E-state index in [2.05, 4.69) is 25.2 Å². The summed E-state index contributed by atoms with van der Waals surface area (Å²) >= 11 is 1.67. The Labute approximate surface area is 119 Å². The predicted octanol–water partition coefficient (Wildman–Crippen LogP) is 2.61. The highest BCUT2D eigenvalue weighted by Gasteiger charge is 2.16. The molecule has 1 atom stereocenters. The van der Waals surface area contributed by atoms with Crippen LogP contribution in [0.2, 0.25) is 0 Å². The van der Waals surface area contributed by atoms with E-state index in [4.69, 9.17) is 9.47 Å². The van der Waals surface area contributed by atoms with Crippen LogP contribution in [0.4, 0.5) is 0 Å². The molecule has 0 bridgehead atoms. The number of carbonyl (C=O) groups is 1. The fourth-order valence-corrected chi connectivity index (χ4v) is 2.54. The first-order chi connectivity index (χ1) is 9.13. The number of ether oxygens (including phenoxy) is 2. The monoisotopic (exact) mass is 285 g/mol. The second kappa shape index (κ2) is 9.07. The molecule has 0 aliphatic rings. The minimum absolute atomic E-state index is 0.0739. The Morgan fingerprint density at radius 2 is 2.21 bits per heavy atom. The lowest BCUT2D eigenvalue weighted by atomic mass is 10.0. The number of carbonyl (C=O) groups excluding carboxylic acids is 1. The van der Waals surface area contributed by atoms with Crippen molar-refractivity contribution in [2.24, 2.45) is 5.92 Å². The Kier molecular flexibility index (Phi) is 7.70. The largest absolute Gasteiger partial charge is 0.382 e. The van der Waals surface area contributed by atoms with E-state index < -0.39 is 0 Å². The van der Waals surface area contributed by atoms with E-state index in [0.717, 1.165) is 6.42 Å². The predicted molar refractivity (Wildman–Crippen MR) is 77.4 cm³/mol. The van der Waals surface area contributed by atoms with Crippen LogP contribution in [-0.2, 0) is 14.3 Å². The van der Waals surface area contributed by atoms with Crippen LogP contribution in [0, 0.1) is 5.92 Å². The molecule has 1 amide bonds. The molecule has 1 aromatic heterocycles. The molecule has 19 heavy (non-hydrogen) atoms. The van der Waals surface area contributed by atoms with Crippen molar-refractivity contribution in [2.45, 2.75) is 26.3 Å². The molecule has 0 fully saturated rings. The number of hydrogen-bond donors (Lipinski definition) is 1. The molecular weight excluding hydrogens is 262 g/mol. The van der Waals surface area contributed by atoms with E-state index in [0.29, 0.717) is 19.1 Å². The van der Waals surface area contributed by atoms with Gasteiger partial charge in [-0.2, -0.15) is 0 Å². The molecule has 0 spiro atoms. The van der Waals surface area contributed by atoms with Crippen molar-refractivity contribution in [2.75, 3.05) is 26.9 Å². The van der Waals surface area contributed by atoms with Crippen molar-refractivity contribution in [3.05, 3.63) is 22.4 Å². The van der Waals surface area contributed by atoms with Crippen LogP contribution in [-0.4, -0.2) is 32.8 Å². The maximum Gasteiger partial charge on any atom is 0.246 e. The van der Waals surface area contributed by atoms with Crippen molar-refractivity contribution < 1.29 is 14.3 Å². The average Bonchev–Trinajstić information content (AvgIpc) is 2.87. The molecule has 5 heteroatoms. The lowest BCUT2D eigenvalue weighted by molar-refractivity contribution is -0.127. The second-order valence-corrected chi connectivity index (χ2v) is 5.79. The SMILES string of the molecule is COCCOCC(=O)NC(CC(C)C)c1cccs1. The third-order valence-electron chi connectivity index (χ3n) is 2.59. The summed E-state index contributed by atoms with van der Waals surface area (Å²) in [5.74, 6) is 0.456. The van der Waals surface area contributed by atoms with Gasteiger partial charge < -0.3 is 14.8 Å². The Bertz CT molecular complexity index is 352. The highest BCUT2D eigenvalue weighted by Crippen LogP contribution is 2.25. The standard InChI is InChI=1S/C14H23NO3S/c1-11(2)9-12(13-5-4-8-19-13)15-14(16)10-18-7-6-17-3/h4-5,8,11-12H,6-7,9-10H2,1-3H3,(H,15,16). The first kappa shape index (κ1) is 16.1. The Hall–Kier alpha value is -0.910. The molecule has 0 saturated carbocycles. The summed E-state index contributed by atoms with van der Waals surface area (Å²) in [7, 11) is 1.61. The number of nitrogens with one attached hydrogen (secondary N) is 1. The normalized spacial score (nSPS) is 12.6. The Morgan fingerprint density at radius 3 is 2.79 bits per heavy atom. The van der Waals surface area contributed by atoms with Gasteiger partial charge in [0.1, 0.15) is 6.61 Å². The molecule has 0 aliphatic carbocycles. The zero-order valence-electron chi connectivity index (χ0n) is 11.8. The summed E-state index contributed by atoms with van der Waals surface area (Å²) in [6.45, 7) is 5.35. The van der Waals surface area contributed by atoms with Crippen molar-refractivity contribution >= 4 is 17.2 Å². The lowest BCUT2D eigenvalue weighted by Crippen LogP contribution is -2.32. The minimum atomic E-state index is -0.0739. The maximum absolute atomic E-state index is 11.8. The summed E-state index contributed by atoms with van der Waals surface area (Å²) in [6, 6.07) is 4.15. The van der Waals surface area contributed by atoms with E-state index in [1.54, 1.807) is 18.4 Å². The highest BCUT2D eigenvalue weighted by atomic mass is 32.1. The molecule has 1 heterocycles. The zero-order chi connectivity index (χ0) is 14.1. The molecule has 1 rings (SSSR count). The van der Waals surface area contributed by atoms with Gasteiger partial charge in [-0.15, -0.1) is 11.3 Å². The Balaban J connectivity index is 2.42. The number of rotatable bonds is 9. The highest BCUT2D eigenvalue weighted by molar-refractivity contribution is 7.10. The summed E-state index contributed by atoms with van der Waals surface area (Å²) in [6.07, 6.45) is 0.935. The van der Waals surface area contributed by atoms with Crippen LogP contribution in [0.25, 0.3) is 0 Å². The topological polar surface area (TPSA) is 47.6 Å². The number of methoxy groups -OCH3 is 1. The smallest absolute Gasteiger partial charge is 0.246 e. The van der Waals surface area contributed by atoms with Gasteiger partial charge >= 0.3 is 0 Å². The van der Waals surface area contributed by atoms with E-state index in [9.17, 15) is 4.79 Å². The van der Waals surface area contributed by atoms with Crippen molar-refractivity contribution in [1.82, 2.24) is 5.32 Å². The molecule has 0 aromatic carbocycles. The first-order valence-electron chi connectivity index (χ1n) is 6.53. The average molecular weight is 285 g/mol.